The van der Waals surface area contributed by atoms with Crippen LogP contribution in [0.2, 0.25) is 0 Å². The average Bonchev–Trinajstić information content (AvgIpc) is 3.71. The van der Waals surface area contributed by atoms with E-state index in [0.29, 0.717) is 44.6 Å². The van der Waals surface area contributed by atoms with Crippen molar-refractivity contribution in [2.24, 2.45) is 11.8 Å². The summed E-state index contributed by atoms with van der Waals surface area (Å²) in [6.45, 7) is 7.20. The molecule has 11 heteroatoms. The number of thioether (sulfide) groups is 1. The highest BCUT2D eigenvalue weighted by atomic mass is 32.2. The van der Waals surface area contributed by atoms with Gasteiger partial charge in [0.1, 0.15) is 5.75 Å². The van der Waals surface area contributed by atoms with Gasteiger partial charge in [0.15, 0.2) is 12.1 Å². The van der Waals surface area contributed by atoms with E-state index in [-0.39, 0.29) is 30.1 Å². The third-order valence-electron chi connectivity index (χ3n) is 13.0. The Balaban J connectivity index is 1.28. The molecule has 272 valence electrons. The molecule has 1 amide bonds. The highest BCUT2D eigenvalue weighted by molar-refractivity contribution is 8.01. The fourth-order valence-electron chi connectivity index (χ4n) is 10.4. The van der Waals surface area contributed by atoms with Crippen LogP contribution >= 0.6 is 11.8 Å². The van der Waals surface area contributed by atoms with Gasteiger partial charge in [-0.1, -0.05) is 44.7 Å². The molecule has 1 aromatic carbocycles. The van der Waals surface area contributed by atoms with Gasteiger partial charge in [0, 0.05) is 42.1 Å². The van der Waals surface area contributed by atoms with Gasteiger partial charge in [0.05, 0.1) is 48.7 Å². The highest BCUT2D eigenvalue weighted by Gasteiger charge is 2.63. The van der Waals surface area contributed by atoms with Crippen molar-refractivity contribution in [3.8, 4) is 11.8 Å². The molecule has 0 bridgehead atoms. The van der Waals surface area contributed by atoms with Gasteiger partial charge in [-0.25, -0.2) is 0 Å². The number of likely N-dealkylation sites (N-methyl/N-ethyl adjacent to an activating group) is 1. The van der Waals surface area contributed by atoms with E-state index in [4.69, 9.17) is 9.47 Å². The summed E-state index contributed by atoms with van der Waals surface area (Å²) in [5, 5.41) is 17.8. The van der Waals surface area contributed by atoms with Crippen LogP contribution < -0.4 is 15.4 Å². The molecule has 4 heterocycles. The SMILES string of the molecule is C=CC(=O)N1CCN(C2(C3CCCCCCC3)NC(OCC3CCCN3C)NC3C(=O)[C@@]4(CCC32)Cc2c(OC)cccc2S4)CC1CC#N. The summed E-state index contributed by atoms with van der Waals surface area (Å²) >= 11 is 1.74. The lowest BCUT2D eigenvalue weighted by Gasteiger charge is -2.63. The molecule has 3 saturated heterocycles. The van der Waals surface area contributed by atoms with E-state index in [0.717, 1.165) is 67.7 Å². The predicted molar refractivity (Wildman–Crippen MR) is 195 cm³/mol. The van der Waals surface area contributed by atoms with Crippen LogP contribution in [0.4, 0.5) is 0 Å². The average molecular weight is 705 g/mol. The lowest BCUT2D eigenvalue weighted by molar-refractivity contribution is -0.184. The van der Waals surface area contributed by atoms with E-state index in [1.54, 1.807) is 18.9 Å². The van der Waals surface area contributed by atoms with Gasteiger partial charge in [-0.3, -0.25) is 25.1 Å². The lowest BCUT2D eigenvalue weighted by atomic mass is 9.62. The van der Waals surface area contributed by atoms with Crippen LogP contribution in [-0.2, 0) is 20.7 Å². The minimum absolute atomic E-state index is 0.00894. The number of piperazine rings is 1. The summed E-state index contributed by atoms with van der Waals surface area (Å²) in [5.74, 6) is 1.33. The first-order valence-electron chi connectivity index (χ1n) is 19.1. The van der Waals surface area contributed by atoms with E-state index in [9.17, 15) is 10.1 Å². The summed E-state index contributed by atoms with van der Waals surface area (Å²) in [7, 11) is 3.89. The molecule has 1 spiro atoms. The number of fused-ring (bicyclic) bond motifs is 2. The number of hydrogen-bond donors (Lipinski definition) is 2. The first kappa shape index (κ1) is 35.9. The first-order chi connectivity index (χ1) is 24.3. The van der Waals surface area contributed by atoms with Crippen molar-refractivity contribution < 1.29 is 19.1 Å². The van der Waals surface area contributed by atoms with Crippen molar-refractivity contribution in [2.75, 3.05) is 46.9 Å². The van der Waals surface area contributed by atoms with Crippen LogP contribution in [0.1, 0.15) is 82.6 Å². The molecule has 0 aromatic heterocycles. The number of methoxy groups -OCH3 is 1. The Hall–Kier alpha value is -2.46. The molecule has 2 aliphatic carbocycles. The number of amides is 1. The molecule has 5 fully saturated rings. The van der Waals surface area contributed by atoms with E-state index < -0.39 is 22.8 Å². The molecule has 7 rings (SSSR count). The van der Waals surface area contributed by atoms with E-state index in [1.807, 2.05) is 17.0 Å². The first-order valence-corrected chi connectivity index (χ1v) is 19.9. The Bertz CT molecular complexity index is 1460. The molecule has 6 aliphatic rings. The number of carbonyl (C=O) groups excluding carboxylic acids is 2. The summed E-state index contributed by atoms with van der Waals surface area (Å²) in [6.07, 6.45) is 14.0. The standard InChI is InChI=1S/C39H56N6O4S/c1-4-34(46)45-23-22-44(25-28(45)18-20-40)39(27-12-8-6-5-7-9-13-27)31-17-19-38(24-30-32(48-3)15-10-16-33(30)50-38)36(47)35(31)41-37(42-39)49-26-29-14-11-21-43(29)2/h4,10,15-16,27-29,31,35,37,41-42H,1,5-9,11-14,17-19,21-26H2,2-3H3/t28?,29?,31?,35?,37?,38-,39?/m1/s1. The third kappa shape index (κ3) is 6.54. The van der Waals surface area contributed by atoms with Gasteiger partial charge in [-0.05, 0) is 82.7 Å². The maximum absolute atomic E-state index is 15.3. The van der Waals surface area contributed by atoms with Crippen molar-refractivity contribution in [3.63, 3.8) is 0 Å². The molecule has 50 heavy (non-hydrogen) atoms. The second-order valence-corrected chi connectivity index (χ2v) is 17.0. The van der Waals surface area contributed by atoms with Gasteiger partial charge in [-0.15, -0.1) is 11.8 Å². The molecule has 2 N–H and O–H groups in total. The molecule has 1 aromatic rings. The van der Waals surface area contributed by atoms with Gasteiger partial charge in [0.25, 0.3) is 0 Å². The fraction of sp³-hybridized carbons (Fsp3) is 0.718. The van der Waals surface area contributed by atoms with Crippen LogP contribution in [0.25, 0.3) is 0 Å². The molecule has 4 aliphatic heterocycles. The van der Waals surface area contributed by atoms with Crippen molar-refractivity contribution in [2.45, 2.75) is 123 Å². The minimum atomic E-state index is -0.552. The van der Waals surface area contributed by atoms with Crippen LogP contribution in [0, 0.1) is 23.2 Å². The van der Waals surface area contributed by atoms with Crippen LogP contribution in [0.5, 0.6) is 5.75 Å². The maximum Gasteiger partial charge on any atom is 0.246 e. The second kappa shape index (κ2) is 15.3. The Labute approximate surface area is 302 Å². The summed E-state index contributed by atoms with van der Waals surface area (Å²) in [5.41, 5.74) is 0.619. The zero-order valence-electron chi connectivity index (χ0n) is 30.0. The quantitative estimate of drug-likeness (QED) is 0.370. The van der Waals surface area contributed by atoms with Gasteiger partial charge >= 0.3 is 0 Å². The largest absolute Gasteiger partial charge is 0.496 e. The Morgan fingerprint density at radius 3 is 2.62 bits per heavy atom. The number of likely N-dealkylation sites (tertiary alicyclic amines) is 1. The maximum atomic E-state index is 15.3. The van der Waals surface area contributed by atoms with Crippen LogP contribution in [0.3, 0.4) is 0 Å². The van der Waals surface area contributed by atoms with Crippen molar-refractivity contribution in [3.05, 3.63) is 36.4 Å². The van der Waals surface area contributed by atoms with Gasteiger partial charge < -0.3 is 19.3 Å². The smallest absolute Gasteiger partial charge is 0.246 e. The molecular weight excluding hydrogens is 649 g/mol. The Morgan fingerprint density at radius 2 is 1.90 bits per heavy atom. The molecule has 7 atom stereocenters. The summed E-state index contributed by atoms with van der Waals surface area (Å²) in [6, 6.07) is 8.26. The Morgan fingerprint density at radius 1 is 1.10 bits per heavy atom. The molecular formula is C39H56N6O4S. The number of rotatable bonds is 8. The molecule has 6 unspecified atom stereocenters. The highest BCUT2D eigenvalue weighted by Crippen LogP contribution is 2.57. The Kier molecular flexibility index (Phi) is 11.0. The second-order valence-electron chi connectivity index (χ2n) is 15.6. The number of carbonyl (C=O) groups is 2. The number of hydrogen-bond acceptors (Lipinski definition) is 10. The molecule has 0 radical (unpaired) electrons. The number of nitriles is 1. The predicted octanol–water partition coefficient (Wildman–Crippen LogP) is 4.69. The number of Topliss-reactive ketones (excluding diaryl/α,β-unsaturated/α-hetero) is 1. The van der Waals surface area contributed by atoms with Crippen LogP contribution in [0.15, 0.2) is 35.7 Å². The van der Waals surface area contributed by atoms with Crippen molar-refractivity contribution in [1.82, 2.24) is 25.3 Å². The number of nitrogens with one attached hydrogen (secondary N) is 2. The monoisotopic (exact) mass is 704 g/mol. The normalized spacial score (nSPS) is 35.6. The summed E-state index contributed by atoms with van der Waals surface area (Å²) < 4.78 is 12.1. The molecule has 10 nitrogen and oxygen atoms in total. The topological polar surface area (TPSA) is 110 Å². The number of ketones is 1. The lowest BCUT2D eigenvalue weighted by Crippen LogP contribution is -2.83. The van der Waals surface area contributed by atoms with Gasteiger partial charge in [0.2, 0.25) is 5.91 Å². The fourth-order valence-corrected chi connectivity index (χ4v) is 11.9. The van der Waals surface area contributed by atoms with Gasteiger partial charge in [-0.2, -0.15) is 5.26 Å². The van der Waals surface area contributed by atoms with E-state index in [1.165, 1.54) is 31.8 Å². The van der Waals surface area contributed by atoms with Crippen molar-refractivity contribution >= 4 is 23.5 Å². The summed E-state index contributed by atoms with van der Waals surface area (Å²) in [4.78, 5) is 36.2. The number of benzene rings is 1. The zero-order chi connectivity index (χ0) is 34.9. The number of nitrogens with zero attached hydrogens (tertiary/aromatic N) is 4. The third-order valence-corrected chi connectivity index (χ3v) is 14.5. The van der Waals surface area contributed by atoms with E-state index in [2.05, 4.69) is 46.2 Å². The number of ether oxygens (including phenoxy) is 2. The minimum Gasteiger partial charge on any atom is -0.496 e. The molecule has 2 saturated carbocycles. The van der Waals surface area contributed by atoms with Crippen LogP contribution in [-0.4, -0.2) is 108 Å². The zero-order valence-corrected chi connectivity index (χ0v) is 30.9. The van der Waals surface area contributed by atoms with E-state index >= 15 is 4.79 Å². The van der Waals surface area contributed by atoms with Crippen molar-refractivity contribution in [1.29, 1.82) is 5.26 Å².